The van der Waals surface area contributed by atoms with Crippen molar-refractivity contribution in [3.8, 4) is 0 Å². The average molecular weight is 286 g/mol. The molecule has 0 aliphatic heterocycles. The Morgan fingerprint density at radius 1 is 1.26 bits per heavy atom. The molecule has 19 heavy (non-hydrogen) atoms. The van der Waals surface area contributed by atoms with E-state index in [9.17, 15) is 0 Å². The number of nitrogens with one attached hydrogen (secondary N) is 1. The van der Waals surface area contributed by atoms with Crippen molar-refractivity contribution < 1.29 is 9.84 Å². The van der Waals surface area contributed by atoms with Gasteiger partial charge in [0.15, 0.2) is 0 Å². The van der Waals surface area contributed by atoms with Gasteiger partial charge in [-0.25, -0.2) is 0 Å². The van der Waals surface area contributed by atoms with Crippen molar-refractivity contribution in [2.45, 2.75) is 38.3 Å². The second kappa shape index (κ2) is 9.32. The molecular weight excluding hydrogens is 262 g/mol. The first-order valence-electron chi connectivity index (χ1n) is 6.82. The van der Waals surface area contributed by atoms with Gasteiger partial charge < -0.3 is 15.2 Å². The van der Waals surface area contributed by atoms with E-state index < -0.39 is 0 Å². The minimum absolute atomic E-state index is 0.167. The van der Waals surface area contributed by atoms with Gasteiger partial charge in [0, 0.05) is 30.8 Å². The quantitative estimate of drug-likeness (QED) is 0.732. The molecule has 0 aromatic heterocycles. The minimum atomic E-state index is 0.167. The molecule has 0 saturated carbocycles. The van der Waals surface area contributed by atoms with Gasteiger partial charge in [-0.3, -0.25) is 0 Å². The predicted octanol–water partition coefficient (Wildman–Crippen LogP) is 3.17. The van der Waals surface area contributed by atoms with E-state index in [0.717, 1.165) is 17.9 Å². The number of benzene rings is 1. The van der Waals surface area contributed by atoms with Gasteiger partial charge in [-0.1, -0.05) is 37.1 Å². The Balaban J connectivity index is 2.72. The molecule has 2 N–H and O–H groups in total. The average Bonchev–Trinajstić information content (AvgIpc) is 2.40. The molecule has 1 aromatic carbocycles. The van der Waals surface area contributed by atoms with Gasteiger partial charge in [0.25, 0.3) is 0 Å². The number of aliphatic hydroxyl groups is 1. The van der Waals surface area contributed by atoms with E-state index in [1.165, 1.54) is 5.56 Å². The molecule has 1 aromatic rings. The molecule has 4 heteroatoms. The molecule has 0 amide bonds. The van der Waals surface area contributed by atoms with Gasteiger partial charge in [-0.2, -0.15) is 0 Å². The third kappa shape index (κ3) is 5.91. The SMILES string of the molecule is CCCC(NC(CCO)COC)c1ccc(Cl)cc1. The summed E-state index contributed by atoms with van der Waals surface area (Å²) in [5.74, 6) is 0. The standard InChI is InChI=1S/C15H24ClNO2/c1-3-4-15(12-5-7-13(16)8-6-12)17-14(9-10-18)11-19-2/h5-8,14-15,17-18H,3-4,9-11H2,1-2H3. The van der Waals surface area contributed by atoms with Crippen molar-refractivity contribution >= 4 is 11.6 Å². The lowest BCUT2D eigenvalue weighted by Crippen LogP contribution is -2.37. The van der Waals surface area contributed by atoms with E-state index in [4.69, 9.17) is 21.4 Å². The zero-order valence-electron chi connectivity index (χ0n) is 11.7. The third-order valence-corrected chi connectivity index (χ3v) is 3.38. The number of hydrogen-bond donors (Lipinski definition) is 2. The highest BCUT2D eigenvalue weighted by molar-refractivity contribution is 6.30. The fraction of sp³-hybridized carbons (Fsp3) is 0.600. The van der Waals surface area contributed by atoms with Crippen molar-refractivity contribution in [3.05, 3.63) is 34.9 Å². The molecule has 0 saturated heterocycles. The van der Waals surface area contributed by atoms with Crippen molar-refractivity contribution in [2.75, 3.05) is 20.3 Å². The summed E-state index contributed by atoms with van der Waals surface area (Å²) in [7, 11) is 1.68. The van der Waals surface area contributed by atoms with Crippen LogP contribution in [-0.4, -0.2) is 31.5 Å². The molecule has 108 valence electrons. The molecule has 0 aliphatic carbocycles. The number of aliphatic hydroxyl groups excluding tert-OH is 1. The lowest BCUT2D eigenvalue weighted by Gasteiger charge is -2.25. The Hall–Kier alpha value is -0.610. The van der Waals surface area contributed by atoms with Gasteiger partial charge in [0.1, 0.15) is 0 Å². The topological polar surface area (TPSA) is 41.5 Å². The lowest BCUT2D eigenvalue weighted by molar-refractivity contribution is 0.141. The van der Waals surface area contributed by atoms with E-state index in [1.54, 1.807) is 7.11 Å². The van der Waals surface area contributed by atoms with Crippen LogP contribution >= 0.6 is 11.6 Å². The van der Waals surface area contributed by atoms with Crippen LogP contribution < -0.4 is 5.32 Å². The first-order valence-corrected chi connectivity index (χ1v) is 7.20. The maximum atomic E-state index is 9.10. The number of rotatable bonds is 9. The number of hydrogen-bond acceptors (Lipinski definition) is 3. The molecule has 3 nitrogen and oxygen atoms in total. The zero-order valence-corrected chi connectivity index (χ0v) is 12.5. The lowest BCUT2D eigenvalue weighted by atomic mass is 10.0. The first kappa shape index (κ1) is 16.4. The molecule has 2 unspecified atom stereocenters. The van der Waals surface area contributed by atoms with E-state index in [2.05, 4.69) is 24.4 Å². The fourth-order valence-corrected chi connectivity index (χ4v) is 2.31. The molecule has 1 rings (SSSR count). The van der Waals surface area contributed by atoms with E-state index >= 15 is 0 Å². The third-order valence-electron chi connectivity index (χ3n) is 3.13. The summed E-state index contributed by atoms with van der Waals surface area (Å²) in [6.45, 7) is 2.94. The van der Waals surface area contributed by atoms with Gasteiger partial charge in [0.2, 0.25) is 0 Å². The molecule has 0 spiro atoms. The number of ether oxygens (including phenoxy) is 1. The van der Waals surface area contributed by atoms with Crippen LogP contribution in [0.5, 0.6) is 0 Å². The summed E-state index contributed by atoms with van der Waals surface area (Å²) in [5.41, 5.74) is 1.23. The van der Waals surface area contributed by atoms with Crippen molar-refractivity contribution in [3.63, 3.8) is 0 Å². The highest BCUT2D eigenvalue weighted by Crippen LogP contribution is 2.21. The van der Waals surface area contributed by atoms with Crippen LogP contribution in [0.15, 0.2) is 24.3 Å². The first-order chi connectivity index (χ1) is 9.21. The highest BCUT2D eigenvalue weighted by Gasteiger charge is 2.16. The van der Waals surface area contributed by atoms with Gasteiger partial charge in [0.05, 0.1) is 6.61 Å². The number of halogens is 1. The van der Waals surface area contributed by atoms with Crippen LogP contribution in [-0.2, 0) is 4.74 Å². The van der Waals surface area contributed by atoms with Gasteiger partial charge in [-0.05, 0) is 30.5 Å². The van der Waals surface area contributed by atoms with E-state index in [1.807, 2.05) is 12.1 Å². The normalized spacial score (nSPS) is 14.3. The zero-order chi connectivity index (χ0) is 14.1. The van der Waals surface area contributed by atoms with Crippen LogP contribution in [0, 0.1) is 0 Å². The predicted molar refractivity (Wildman–Crippen MR) is 79.6 cm³/mol. The van der Waals surface area contributed by atoms with Gasteiger partial charge >= 0.3 is 0 Å². The summed E-state index contributed by atoms with van der Waals surface area (Å²) < 4.78 is 5.20. The Morgan fingerprint density at radius 2 is 1.95 bits per heavy atom. The number of methoxy groups -OCH3 is 1. The Bertz CT molecular complexity index is 337. The van der Waals surface area contributed by atoms with Crippen LogP contribution in [0.1, 0.15) is 37.8 Å². The second-order valence-corrected chi connectivity index (χ2v) is 5.16. The molecule has 0 fully saturated rings. The molecule has 0 aliphatic rings. The Morgan fingerprint density at radius 3 is 2.47 bits per heavy atom. The largest absolute Gasteiger partial charge is 0.396 e. The summed E-state index contributed by atoms with van der Waals surface area (Å²) in [6, 6.07) is 8.38. The summed E-state index contributed by atoms with van der Waals surface area (Å²) in [4.78, 5) is 0. The monoisotopic (exact) mass is 285 g/mol. The molecule has 0 bridgehead atoms. The second-order valence-electron chi connectivity index (χ2n) is 4.72. The van der Waals surface area contributed by atoms with Crippen LogP contribution in [0.3, 0.4) is 0 Å². The summed E-state index contributed by atoms with van der Waals surface area (Å²) in [5, 5.41) is 13.4. The maximum absolute atomic E-state index is 9.10. The smallest absolute Gasteiger partial charge is 0.0616 e. The van der Waals surface area contributed by atoms with Crippen LogP contribution in [0.25, 0.3) is 0 Å². The van der Waals surface area contributed by atoms with Gasteiger partial charge in [-0.15, -0.1) is 0 Å². The fourth-order valence-electron chi connectivity index (χ4n) is 2.19. The molecule has 0 heterocycles. The molecule has 2 atom stereocenters. The highest BCUT2D eigenvalue weighted by atomic mass is 35.5. The van der Waals surface area contributed by atoms with Crippen LogP contribution in [0.4, 0.5) is 0 Å². The Kier molecular flexibility index (Phi) is 8.07. The van der Waals surface area contributed by atoms with Crippen molar-refractivity contribution in [1.29, 1.82) is 0 Å². The molecule has 0 radical (unpaired) electrons. The molecular formula is C15H24ClNO2. The van der Waals surface area contributed by atoms with E-state index in [-0.39, 0.29) is 18.7 Å². The maximum Gasteiger partial charge on any atom is 0.0616 e. The van der Waals surface area contributed by atoms with E-state index in [0.29, 0.717) is 13.0 Å². The van der Waals surface area contributed by atoms with Crippen LogP contribution in [0.2, 0.25) is 5.02 Å². The Labute approximate surface area is 120 Å². The van der Waals surface area contributed by atoms with Crippen molar-refractivity contribution in [2.24, 2.45) is 0 Å². The van der Waals surface area contributed by atoms with Crippen molar-refractivity contribution in [1.82, 2.24) is 5.32 Å². The summed E-state index contributed by atoms with van der Waals surface area (Å²) in [6.07, 6.45) is 2.84. The minimum Gasteiger partial charge on any atom is -0.396 e. The summed E-state index contributed by atoms with van der Waals surface area (Å²) >= 11 is 5.93.